The second-order valence-electron chi connectivity index (χ2n) is 4.72. The number of halogens is 4. The lowest BCUT2D eigenvalue weighted by atomic mass is 10.1. The summed E-state index contributed by atoms with van der Waals surface area (Å²) in [6.45, 7) is 2.05. The van der Waals surface area contributed by atoms with Crippen molar-refractivity contribution in [3.63, 3.8) is 0 Å². The highest BCUT2D eigenvalue weighted by Gasteiger charge is 2.31. The summed E-state index contributed by atoms with van der Waals surface area (Å²) in [7, 11) is 0. The van der Waals surface area contributed by atoms with E-state index in [9.17, 15) is 18.0 Å². The standard InChI is InChI=1S/C13H12ClF3N4O/c1-8(5-21-7-18-6-19-21)20-12(22)9-2-10(13(15,16)17)4-11(14)3-9/h2-4,6-8H,5H2,1H3,(H,20,22). The number of carbonyl (C=O) groups is 1. The number of carbonyl (C=O) groups excluding carboxylic acids is 1. The first-order valence-electron chi connectivity index (χ1n) is 6.27. The Balaban J connectivity index is 2.10. The van der Waals surface area contributed by atoms with E-state index in [0.29, 0.717) is 6.54 Å². The van der Waals surface area contributed by atoms with E-state index >= 15 is 0 Å². The van der Waals surface area contributed by atoms with Gasteiger partial charge in [0.05, 0.1) is 12.1 Å². The lowest BCUT2D eigenvalue weighted by Crippen LogP contribution is -2.36. The van der Waals surface area contributed by atoms with Gasteiger partial charge in [-0.3, -0.25) is 9.48 Å². The zero-order chi connectivity index (χ0) is 16.3. The van der Waals surface area contributed by atoms with Crippen LogP contribution in [0.2, 0.25) is 5.02 Å². The molecule has 22 heavy (non-hydrogen) atoms. The molecule has 0 aliphatic carbocycles. The van der Waals surface area contributed by atoms with Crippen molar-refractivity contribution in [1.82, 2.24) is 20.1 Å². The first-order valence-corrected chi connectivity index (χ1v) is 6.64. The minimum absolute atomic E-state index is 0.148. The number of alkyl halides is 3. The molecule has 2 aromatic rings. The van der Waals surface area contributed by atoms with Crippen LogP contribution in [0, 0.1) is 0 Å². The van der Waals surface area contributed by atoms with Crippen LogP contribution in [0.4, 0.5) is 13.2 Å². The van der Waals surface area contributed by atoms with Crippen molar-refractivity contribution in [2.24, 2.45) is 0 Å². The topological polar surface area (TPSA) is 59.8 Å². The minimum Gasteiger partial charge on any atom is -0.348 e. The van der Waals surface area contributed by atoms with E-state index in [4.69, 9.17) is 11.6 Å². The van der Waals surface area contributed by atoms with E-state index in [1.807, 2.05) is 0 Å². The molecule has 1 amide bonds. The molecule has 9 heteroatoms. The van der Waals surface area contributed by atoms with E-state index < -0.39 is 17.6 Å². The number of nitrogens with one attached hydrogen (secondary N) is 1. The molecule has 0 radical (unpaired) electrons. The average molecular weight is 333 g/mol. The van der Waals surface area contributed by atoms with Crippen molar-refractivity contribution < 1.29 is 18.0 Å². The van der Waals surface area contributed by atoms with Gasteiger partial charge < -0.3 is 5.32 Å². The van der Waals surface area contributed by atoms with E-state index in [2.05, 4.69) is 15.4 Å². The van der Waals surface area contributed by atoms with E-state index in [1.54, 1.807) is 6.92 Å². The predicted octanol–water partition coefficient (Wildman–Crippen LogP) is 2.77. The van der Waals surface area contributed by atoms with Crippen molar-refractivity contribution >= 4 is 17.5 Å². The zero-order valence-corrected chi connectivity index (χ0v) is 12.2. The van der Waals surface area contributed by atoms with Gasteiger partial charge in [-0.25, -0.2) is 4.98 Å². The highest BCUT2D eigenvalue weighted by atomic mass is 35.5. The number of aromatic nitrogens is 3. The van der Waals surface area contributed by atoms with Crippen LogP contribution < -0.4 is 5.32 Å². The Labute approximate surface area is 129 Å². The molecule has 0 spiro atoms. The molecular formula is C13H12ClF3N4O. The number of benzene rings is 1. The van der Waals surface area contributed by atoms with Crippen molar-refractivity contribution in [1.29, 1.82) is 0 Å². The van der Waals surface area contributed by atoms with Crippen LogP contribution in [-0.4, -0.2) is 26.7 Å². The van der Waals surface area contributed by atoms with Gasteiger partial charge in [0.15, 0.2) is 0 Å². The molecule has 0 fully saturated rings. The van der Waals surface area contributed by atoms with Crippen LogP contribution >= 0.6 is 11.6 Å². The molecule has 1 aromatic carbocycles. The van der Waals surface area contributed by atoms with E-state index in [1.165, 1.54) is 23.4 Å². The fourth-order valence-electron chi connectivity index (χ4n) is 1.84. The fourth-order valence-corrected chi connectivity index (χ4v) is 2.08. The van der Waals surface area contributed by atoms with Crippen LogP contribution in [-0.2, 0) is 12.7 Å². The Morgan fingerprint density at radius 2 is 2.14 bits per heavy atom. The number of rotatable bonds is 4. The fraction of sp³-hybridized carbons (Fsp3) is 0.308. The molecule has 1 unspecified atom stereocenters. The van der Waals surface area contributed by atoms with Gasteiger partial charge in [-0.05, 0) is 25.1 Å². The van der Waals surface area contributed by atoms with Gasteiger partial charge in [0, 0.05) is 16.6 Å². The first-order chi connectivity index (χ1) is 10.3. The third kappa shape index (κ3) is 4.20. The summed E-state index contributed by atoms with van der Waals surface area (Å²) in [4.78, 5) is 15.8. The Bertz CT molecular complexity index is 658. The quantitative estimate of drug-likeness (QED) is 0.936. The third-order valence-corrected chi connectivity index (χ3v) is 3.01. The molecule has 5 nitrogen and oxygen atoms in total. The smallest absolute Gasteiger partial charge is 0.348 e. The number of hydrogen-bond donors (Lipinski definition) is 1. The maximum Gasteiger partial charge on any atom is 0.416 e. The highest BCUT2D eigenvalue weighted by Crippen LogP contribution is 2.31. The minimum atomic E-state index is -4.56. The molecular weight excluding hydrogens is 321 g/mol. The van der Waals surface area contributed by atoms with Gasteiger partial charge in [0.25, 0.3) is 5.91 Å². The molecule has 118 valence electrons. The van der Waals surface area contributed by atoms with Gasteiger partial charge in [-0.15, -0.1) is 0 Å². The molecule has 2 rings (SSSR count). The molecule has 1 heterocycles. The van der Waals surface area contributed by atoms with Gasteiger partial charge >= 0.3 is 6.18 Å². The zero-order valence-electron chi connectivity index (χ0n) is 11.4. The predicted molar refractivity (Wildman–Crippen MR) is 73.4 cm³/mol. The second-order valence-corrected chi connectivity index (χ2v) is 5.15. The Morgan fingerprint density at radius 1 is 1.41 bits per heavy atom. The maximum atomic E-state index is 12.7. The summed E-state index contributed by atoms with van der Waals surface area (Å²) in [5.74, 6) is -0.638. The van der Waals surface area contributed by atoms with Gasteiger partial charge in [-0.1, -0.05) is 11.6 Å². The van der Waals surface area contributed by atoms with E-state index in [-0.39, 0.29) is 16.6 Å². The molecule has 0 saturated carbocycles. The van der Waals surface area contributed by atoms with Crippen molar-refractivity contribution in [3.8, 4) is 0 Å². The summed E-state index contributed by atoms with van der Waals surface area (Å²) < 4.78 is 39.7. The average Bonchev–Trinajstić information content (AvgIpc) is 2.89. The lowest BCUT2D eigenvalue weighted by molar-refractivity contribution is -0.137. The largest absolute Gasteiger partial charge is 0.416 e. The Morgan fingerprint density at radius 3 is 2.73 bits per heavy atom. The van der Waals surface area contributed by atoms with Gasteiger partial charge in [0.1, 0.15) is 12.7 Å². The van der Waals surface area contributed by atoms with Crippen LogP contribution in [0.3, 0.4) is 0 Å². The van der Waals surface area contributed by atoms with Gasteiger partial charge in [-0.2, -0.15) is 18.3 Å². The van der Waals surface area contributed by atoms with Crippen LogP contribution in [0.15, 0.2) is 30.9 Å². The summed E-state index contributed by atoms with van der Waals surface area (Å²) in [6, 6.07) is 2.39. The summed E-state index contributed by atoms with van der Waals surface area (Å²) in [5.41, 5.74) is -1.11. The Kier molecular flexibility index (Phi) is 4.70. The monoisotopic (exact) mass is 332 g/mol. The molecule has 1 atom stereocenters. The van der Waals surface area contributed by atoms with Crippen molar-refractivity contribution in [2.75, 3.05) is 0 Å². The normalized spacial score (nSPS) is 13.0. The molecule has 0 saturated heterocycles. The molecule has 0 aliphatic rings. The van der Waals surface area contributed by atoms with Crippen molar-refractivity contribution in [3.05, 3.63) is 47.0 Å². The molecule has 1 aromatic heterocycles. The van der Waals surface area contributed by atoms with Gasteiger partial charge in [0.2, 0.25) is 0 Å². The molecule has 1 N–H and O–H groups in total. The highest BCUT2D eigenvalue weighted by molar-refractivity contribution is 6.31. The number of nitrogens with zero attached hydrogens (tertiary/aromatic N) is 3. The molecule has 0 aliphatic heterocycles. The maximum absolute atomic E-state index is 12.7. The van der Waals surface area contributed by atoms with Crippen LogP contribution in [0.1, 0.15) is 22.8 Å². The third-order valence-electron chi connectivity index (χ3n) is 2.79. The first kappa shape index (κ1) is 16.3. The lowest BCUT2D eigenvalue weighted by Gasteiger charge is -2.15. The van der Waals surface area contributed by atoms with Crippen LogP contribution in [0.25, 0.3) is 0 Å². The SMILES string of the molecule is CC(Cn1cncn1)NC(=O)c1cc(Cl)cc(C(F)(F)F)c1. The van der Waals surface area contributed by atoms with E-state index in [0.717, 1.165) is 12.1 Å². The summed E-state index contributed by atoms with van der Waals surface area (Å²) in [5, 5.41) is 6.32. The molecule has 0 bridgehead atoms. The second kappa shape index (κ2) is 6.35. The van der Waals surface area contributed by atoms with Crippen molar-refractivity contribution in [2.45, 2.75) is 25.7 Å². The summed E-state index contributed by atoms with van der Waals surface area (Å²) in [6.07, 6.45) is -1.74. The summed E-state index contributed by atoms with van der Waals surface area (Å²) >= 11 is 5.65. The number of hydrogen-bond acceptors (Lipinski definition) is 3. The number of amides is 1. The Hall–Kier alpha value is -2.09. The van der Waals surface area contributed by atoms with Crippen LogP contribution in [0.5, 0.6) is 0 Å².